The molecule has 5 nitrogen and oxygen atoms in total. The van der Waals surface area contributed by atoms with Crippen molar-refractivity contribution >= 4 is 49.5 Å². The molecule has 0 saturated carbocycles. The van der Waals surface area contributed by atoms with Crippen LogP contribution in [0.1, 0.15) is 11.1 Å². The van der Waals surface area contributed by atoms with Crippen LogP contribution in [0.3, 0.4) is 0 Å². The highest BCUT2D eigenvalue weighted by molar-refractivity contribution is 9.11. The van der Waals surface area contributed by atoms with Crippen LogP contribution in [0, 0.1) is 17.1 Å². The number of nitrogens with one attached hydrogen (secondary N) is 1. The number of halogens is 3. The minimum Gasteiger partial charge on any atom is -0.508 e. The molecule has 0 atom stereocenters. The molecule has 3 aromatic carbocycles. The lowest BCUT2D eigenvalue weighted by atomic mass is 10.1. The van der Waals surface area contributed by atoms with Crippen molar-refractivity contribution in [2.75, 3.05) is 5.32 Å². The molecule has 0 fully saturated rings. The zero-order valence-electron chi connectivity index (χ0n) is 15.9. The van der Waals surface area contributed by atoms with Crippen LogP contribution < -0.4 is 10.1 Å². The van der Waals surface area contributed by atoms with Gasteiger partial charge in [0.05, 0.1) is 8.95 Å². The lowest BCUT2D eigenvalue weighted by Crippen LogP contribution is -2.13. The number of benzene rings is 3. The van der Waals surface area contributed by atoms with Gasteiger partial charge in [-0.2, -0.15) is 5.26 Å². The average molecular weight is 546 g/mol. The third-order valence-corrected chi connectivity index (χ3v) is 5.27. The molecule has 8 heteroatoms. The quantitative estimate of drug-likeness (QED) is 0.220. The van der Waals surface area contributed by atoms with Crippen molar-refractivity contribution in [3.8, 4) is 17.6 Å². The molecular weight excluding hydrogens is 531 g/mol. The molecule has 2 N–H and O–H groups in total. The topological polar surface area (TPSA) is 82.3 Å². The molecule has 0 saturated heterocycles. The number of anilines is 1. The SMILES string of the molecule is N#C/C(=C\c1cc(Br)c(OCc2cccc(F)c2)c(Br)c1)C(=O)Nc1ccc(O)cc1. The number of hydrogen-bond donors (Lipinski definition) is 2. The van der Waals surface area contributed by atoms with E-state index in [1.54, 1.807) is 24.3 Å². The number of aromatic hydroxyl groups is 1. The molecule has 0 aromatic heterocycles. The Morgan fingerprint density at radius 1 is 1.13 bits per heavy atom. The van der Waals surface area contributed by atoms with Gasteiger partial charge in [-0.15, -0.1) is 0 Å². The van der Waals surface area contributed by atoms with Gasteiger partial charge < -0.3 is 15.2 Å². The maximum atomic E-state index is 13.3. The van der Waals surface area contributed by atoms with Crippen molar-refractivity contribution in [1.82, 2.24) is 0 Å². The fourth-order valence-electron chi connectivity index (χ4n) is 2.64. The Morgan fingerprint density at radius 3 is 2.42 bits per heavy atom. The largest absolute Gasteiger partial charge is 0.508 e. The Kier molecular flexibility index (Phi) is 7.45. The second-order valence-corrected chi connectivity index (χ2v) is 8.11. The number of hydrogen-bond acceptors (Lipinski definition) is 4. The van der Waals surface area contributed by atoms with Gasteiger partial charge in [0, 0.05) is 5.69 Å². The number of phenols is 1. The van der Waals surface area contributed by atoms with Gasteiger partial charge in [0.15, 0.2) is 0 Å². The van der Waals surface area contributed by atoms with Crippen molar-refractivity contribution in [3.05, 3.63) is 92.1 Å². The first-order valence-corrected chi connectivity index (χ1v) is 10.5. The Bertz CT molecular complexity index is 1170. The maximum Gasteiger partial charge on any atom is 0.266 e. The van der Waals surface area contributed by atoms with Crippen LogP contribution in [0.5, 0.6) is 11.5 Å². The van der Waals surface area contributed by atoms with Crippen LogP contribution in [0.15, 0.2) is 75.2 Å². The zero-order valence-corrected chi connectivity index (χ0v) is 19.1. The van der Waals surface area contributed by atoms with Crippen molar-refractivity contribution in [2.24, 2.45) is 0 Å². The Morgan fingerprint density at radius 2 is 1.81 bits per heavy atom. The number of amides is 1. The van der Waals surface area contributed by atoms with E-state index in [0.29, 0.717) is 31.5 Å². The fourth-order valence-corrected chi connectivity index (χ4v) is 4.09. The molecule has 1 amide bonds. The molecular formula is C23H15Br2FN2O3. The predicted molar refractivity (Wildman–Crippen MR) is 123 cm³/mol. The summed E-state index contributed by atoms with van der Waals surface area (Å²) >= 11 is 6.86. The van der Waals surface area contributed by atoms with E-state index in [4.69, 9.17) is 4.74 Å². The molecule has 31 heavy (non-hydrogen) atoms. The standard InChI is InChI=1S/C23H15Br2FN2O3/c24-20-10-15(8-16(12-27)23(30)28-18-4-6-19(29)7-5-18)11-21(25)22(20)31-13-14-2-1-3-17(26)9-14/h1-11,29H,13H2,(H,28,30)/b16-8+. The van der Waals surface area contributed by atoms with E-state index in [-0.39, 0.29) is 23.7 Å². The summed E-state index contributed by atoms with van der Waals surface area (Å²) in [6, 6.07) is 17.3. The highest BCUT2D eigenvalue weighted by Gasteiger charge is 2.13. The minimum atomic E-state index is -0.577. The summed E-state index contributed by atoms with van der Waals surface area (Å²) in [4.78, 5) is 12.4. The number of phenolic OH excluding ortho intramolecular Hbond substituents is 1. The Balaban J connectivity index is 1.76. The van der Waals surface area contributed by atoms with E-state index in [1.807, 2.05) is 6.07 Å². The number of ether oxygens (including phenoxy) is 1. The van der Waals surface area contributed by atoms with E-state index < -0.39 is 5.91 Å². The highest BCUT2D eigenvalue weighted by atomic mass is 79.9. The monoisotopic (exact) mass is 544 g/mol. The molecule has 0 heterocycles. The number of rotatable bonds is 6. The molecule has 3 aromatic rings. The Labute approximate surface area is 195 Å². The zero-order chi connectivity index (χ0) is 22.4. The number of nitriles is 1. The third-order valence-electron chi connectivity index (χ3n) is 4.09. The molecule has 3 rings (SSSR count). The normalized spacial score (nSPS) is 11.0. The summed E-state index contributed by atoms with van der Waals surface area (Å²) in [6.45, 7) is 0.169. The van der Waals surface area contributed by atoms with Crippen LogP contribution >= 0.6 is 31.9 Å². The summed E-state index contributed by atoms with van der Waals surface area (Å²) in [5.74, 6) is -0.335. The van der Waals surface area contributed by atoms with Crippen LogP contribution in [0.4, 0.5) is 10.1 Å². The van der Waals surface area contributed by atoms with Gasteiger partial charge in [-0.3, -0.25) is 4.79 Å². The number of carbonyl (C=O) groups is 1. The summed E-state index contributed by atoms with van der Waals surface area (Å²) in [5, 5.41) is 21.3. The highest BCUT2D eigenvalue weighted by Crippen LogP contribution is 2.36. The van der Waals surface area contributed by atoms with Crippen molar-refractivity contribution < 1.29 is 19.0 Å². The molecule has 0 radical (unpaired) electrons. The lowest BCUT2D eigenvalue weighted by Gasteiger charge is -2.12. The fraction of sp³-hybridized carbons (Fsp3) is 0.0435. The van der Waals surface area contributed by atoms with Gasteiger partial charge in [-0.25, -0.2) is 4.39 Å². The molecule has 0 spiro atoms. The van der Waals surface area contributed by atoms with Gasteiger partial charge in [0.1, 0.15) is 35.6 Å². The van der Waals surface area contributed by atoms with E-state index >= 15 is 0 Å². The number of nitrogens with zero attached hydrogens (tertiary/aromatic N) is 1. The maximum absolute atomic E-state index is 13.3. The molecule has 0 aliphatic carbocycles. The molecule has 0 unspecified atom stereocenters. The summed E-state index contributed by atoms with van der Waals surface area (Å²) in [7, 11) is 0. The van der Waals surface area contributed by atoms with E-state index in [9.17, 15) is 19.6 Å². The lowest BCUT2D eigenvalue weighted by molar-refractivity contribution is -0.112. The first kappa shape index (κ1) is 22.5. The van der Waals surface area contributed by atoms with Crippen LogP contribution in [-0.2, 0) is 11.4 Å². The first-order chi connectivity index (χ1) is 14.9. The Hall–Kier alpha value is -3.15. The van der Waals surface area contributed by atoms with Crippen molar-refractivity contribution in [3.63, 3.8) is 0 Å². The van der Waals surface area contributed by atoms with Crippen LogP contribution in [0.2, 0.25) is 0 Å². The van der Waals surface area contributed by atoms with E-state index in [2.05, 4.69) is 37.2 Å². The molecule has 0 aliphatic heterocycles. The van der Waals surface area contributed by atoms with Gasteiger partial charge in [-0.05, 0) is 97.6 Å². The second kappa shape index (κ2) is 10.2. The predicted octanol–water partition coefficient (Wildman–Crippen LogP) is 6.18. The van der Waals surface area contributed by atoms with Gasteiger partial charge >= 0.3 is 0 Å². The van der Waals surface area contributed by atoms with E-state index in [1.165, 1.54) is 42.5 Å². The van der Waals surface area contributed by atoms with Gasteiger partial charge in [-0.1, -0.05) is 12.1 Å². The third kappa shape index (κ3) is 6.17. The molecule has 0 aliphatic rings. The summed E-state index contributed by atoms with van der Waals surface area (Å²) in [5.41, 5.74) is 1.63. The van der Waals surface area contributed by atoms with Crippen LogP contribution in [-0.4, -0.2) is 11.0 Å². The van der Waals surface area contributed by atoms with Gasteiger partial charge in [0.25, 0.3) is 5.91 Å². The van der Waals surface area contributed by atoms with Crippen molar-refractivity contribution in [2.45, 2.75) is 6.61 Å². The average Bonchev–Trinajstić information content (AvgIpc) is 2.73. The summed E-state index contributed by atoms with van der Waals surface area (Å²) < 4.78 is 20.3. The van der Waals surface area contributed by atoms with Crippen LogP contribution in [0.25, 0.3) is 6.08 Å². The molecule has 0 bridgehead atoms. The first-order valence-electron chi connectivity index (χ1n) is 8.94. The van der Waals surface area contributed by atoms with Gasteiger partial charge in [0.2, 0.25) is 0 Å². The minimum absolute atomic E-state index is 0.0726. The summed E-state index contributed by atoms with van der Waals surface area (Å²) in [6.07, 6.45) is 1.45. The van der Waals surface area contributed by atoms with Crippen molar-refractivity contribution in [1.29, 1.82) is 5.26 Å². The number of carbonyl (C=O) groups excluding carboxylic acids is 1. The van der Waals surface area contributed by atoms with E-state index in [0.717, 1.165) is 0 Å². The smallest absolute Gasteiger partial charge is 0.266 e. The molecule has 156 valence electrons. The second-order valence-electron chi connectivity index (χ2n) is 6.40.